The number of piperidine rings is 1. The SMILES string of the molecule is O=S(=O)(N1CCCNCC1)N1CCC[C@H]2CCCC[C@H]21. The third kappa shape index (κ3) is 2.89. The van der Waals surface area contributed by atoms with Crippen LogP contribution in [0.5, 0.6) is 0 Å². The lowest BCUT2D eigenvalue weighted by atomic mass is 9.79. The van der Waals surface area contributed by atoms with Gasteiger partial charge in [0.05, 0.1) is 0 Å². The Hall–Kier alpha value is -0.170. The van der Waals surface area contributed by atoms with Crippen molar-refractivity contribution in [2.45, 2.75) is 51.0 Å². The molecule has 5 nitrogen and oxygen atoms in total. The van der Waals surface area contributed by atoms with E-state index in [1.807, 2.05) is 4.31 Å². The zero-order valence-electron chi connectivity index (χ0n) is 12.3. The molecule has 20 heavy (non-hydrogen) atoms. The summed E-state index contributed by atoms with van der Waals surface area (Å²) in [6.07, 6.45) is 7.93. The molecule has 1 saturated carbocycles. The number of nitrogens with one attached hydrogen (secondary N) is 1. The first kappa shape index (κ1) is 14.8. The molecule has 0 aromatic heterocycles. The summed E-state index contributed by atoms with van der Waals surface area (Å²) < 4.78 is 29.5. The quantitative estimate of drug-likeness (QED) is 0.833. The summed E-state index contributed by atoms with van der Waals surface area (Å²) in [5.74, 6) is 0.609. The Labute approximate surface area is 122 Å². The third-order valence-electron chi connectivity index (χ3n) is 5.11. The van der Waals surface area contributed by atoms with Crippen LogP contribution in [0.15, 0.2) is 0 Å². The lowest BCUT2D eigenvalue weighted by Crippen LogP contribution is -2.54. The molecule has 3 aliphatic rings. The van der Waals surface area contributed by atoms with Crippen LogP contribution >= 0.6 is 0 Å². The van der Waals surface area contributed by atoms with E-state index in [1.165, 1.54) is 25.7 Å². The van der Waals surface area contributed by atoms with Gasteiger partial charge in [-0.2, -0.15) is 17.0 Å². The molecule has 0 amide bonds. The highest BCUT2D eigenvalue weighted by atomic mass is 32.2. The van der Waals surface area contributed by atoms with E-state index in [0.717, 1.165) is 38.9 Å². The molecule has 0 spiro atoms. The van der Waals surface area contributed by atoms with Crippen LogP contribution in [0, 0.1) is 5.92 Å². The minimum absolute atomic E-state index is 0.277. The van der Waals surface area contributed by atoms with Crippen molar-refractivity contribution in [3.63, 3.8) is 0 Å². The molecule has 2 aliphatic heterocycles. The molecule has 1 aliphatic carbocycles. The minimum Gasteiger partial charge on any atom is -0.315 e. The Bertz CT molecular complexity index is 416. The van der Waals surface area contributed by atoms with Gasteiger partial charge in [0.1, 0.15) is 0 Å². The van der Waals surface area contributed by atoms with Gasteiger partial charge >= 0.3 is 0 Å². The monoisotopic (exact) mass is 301 g/mol. The average molecular weight is 301 g/mol. The maximum Gasteiger partial charge on any atom is 0.282 e. The van der Waals surface area contributed by atoms with Crippen LogP contribution in [0.4, 0.5) is 0 Å². The zero-order chi connectivity index (χ0) is 14.0. The number of rotatable bonds is 2. The molecule has 0 bridgehead atoms. The summed E-state index contributed by atoms with van der Waals surface area (Å²) >= 11 is 0. The second-order valence-corrected chi connectivity index (χ2v) is 8.26. The molecular formula is C14H27N3O2S. The highest BCUT2D eigenvalue weighted by molar-refractivity contribution is 7.86. The molecule has 0 aromatic rings. The first-order valence-corrected chi connectivity index (χ1v) is 9.57. The van der Waals surface area contributed by atoms with Crippen LogP contribution in [0.3, 0.4) is 0 Å². The van der Waals surface area contributed by atoms with E-state index in [2.05, 4.69) is 5.32 Å². The van der Waals surface area contributed by atoms with E-state index >= 15 is 0 Å². The van der Waals surface area contributed by atoms with Crippen molar-refractivity contribution in [1.29, 1.82) is 0 Å². The highest BCUT2D eigenvalue weighted by Crippen LogP contribution is 2.37. The third-order valence-corrected chi connectivity index (χ3v) is 7.18. The first-order valence-electron chi connectivity index (χ1n) is 8.17. The molecule has 2 heterocycles. The first-order chi connectivity index (χ1) is 9.69. The lowest BCUT2D eigenvalue weighted by molar-refractivity contribution is 0.122. The molecule has 0 unspecified atom stereocenters. The molecule has 0 aromatic carbocycles. The highest BCUT2D eigenvalue weighted by Gasteiger charge is 2.41. The van der Waals surface area contributed by atoms with Gasteiger partial charge in [-0.25, -0.2) is 0 Å². The Kier molecular flexibility index (Phi) is 4.65. The summed E-state index contributed by atoms with van der Waals surface area (Å²) in [5.41, 5.74) is 0. The topological polar surface area (TPSA) is 52.7 Å². The van der Waals surface area contributed by atoms with Crippen LogP contribution < -0.4 is 5.32 Å². The molecule has 0 radical (unpaired) electrons. The van der Waals surface area contributed by atoms with Crippen molar-refractivity contribution in [1.82, 2.24) is 13.9 Å². The van der Waals surface area contributed by atoms with Gasteiger partial charge in [-0.1, -0.05) is 12.8 Å². The number of nitrogens with zero attached hydrogens (tertiary/aromatic N) is 2. The molecule has 2 atom stereocenters. The summed E-state index contributed by atoms with van der Waals surface area (Å²) in [6.45, 7) is 3.73. The number of fused-ring (bicyclic) bond motifs is 1. The fraction of sp³-hybridized carbons (Fsp3) is 1.00. The smallest absolute Gasteiger partial charge is 0.282 e. The Morgan fingerprint density at radius 2 is 1.65 bits per heavy atom. The van der Waals surface area contributed by atoms with Crippen LogP contribution in [-0.2, 0) is 10.2 Å². The van der Waals surface area contributed by atoms with Gasteiger partial charge in [-0.15, -0.1) is 0 Å². The molecule has 116 valence electrons. The van der Waals surface area contributed by atoms with E-state index < -0.39 is 10.2 Å². The largest absolute Gasteiger partial charge is 0.315 e. The Morgan fingerprint density at radius 3 is 2.55 bits per heavy atom. The fourth-order valence-electron chi connectivity index (χ4n) is 4.07. The maximum atomic E-state index is 13.0. The summed E-state index contributed by atoms with van der Waals surface area (Å²) in [5, 5.41) is 3.28. The van der Waals surface area contributed by atoms with Gasteiger partial charge in [0.25, 0.3) is 10.2 Å². The standard InChI is InChI=1S/C14H27N3O2S/c18-20(19,16-10-4-8-15-9-12-16)17-11-3-6-13-5-1-2-7-14(13)17/h13-15H,1-12H2/t13-,14-/m1/s1. The van der Waals surface area contributed by atoms with Crippen molar-refractivity contribution >= 4 is 10.2 Å². The molecular weight excluding hydrogens is 274 g/mol. The van der Waals surface area contributed by atoms with Crippen LogP contribution in [0.1, 0.15) is 44.9 Å². The summed E-state index contributed by atoms with van der Waals surface area (Å²) in [7, 11) is -3.25. The van der Waals surface area contributed by atoms with Crippen molar-refractivity contribution in [3.05, 3.63) is 0 Å². The predicted octanol–water partition coefficient (Wildman–Crippen LogP) is 1.18. The van der Waals surface area contributed by atoms with Crippen molar-refractivity contribution in [3.8, 4) is 0 Å². The van der Waals surface area contributed by atoms with E-state index in [0.29, 0.717) is 19.0 Å². The Morgan fingerprint density at radius 1 is 0.850 bits per heavy atom. The van der Waals surface area contributed by atoms with Crippen LogP contribution in [0.25, 0.3) is 0 Å². The van der Waals surface area contributed by atoms with E-state index in [9.17, 15) is 8.42 Å². The van der Waals surface area contributed by atoms with E-state index in [1.54, 1.807) is 4.31 Å². The fourth-order valence-corrected chi connectivity index (χ4v) is 6.02. The van der Waals surface area contributed by atoms with Gasteiger partial charge in [-0.3, -0.25) is 0 Å². The van der Waals surface area contributed by atoms with Gasteiger partial charge in [0, 0.05) is 32.2 Å². The van der Waals surface area contributed by atoms with Crippen LogP contribution in [-0.4, -0.2) is 55.8 Å². The van der Waals surface area contributed by atoms with E-state index in [4.69, 9.17) is 0 Å². The maximum absolute atomic E-state index is 13.0. The van der Waals surface area contributed by atoms with Gasteiger partial charge in [0.2, 0.25) is 0 Å². The zero-order valence-corrected chi connectivity index (χ0v) is 13.1. The summed E-state index contributed by atoms with van der Waals surface area (Å²) in [4.78, 5) is 0. The van der Waals surface area contributed by atoms with Gasteiger partial charge in [0.15, 0.2) is 0 Å². The van der Waals surface area contributed by atoms with Crippen LogP contribution in [0.2, 0.25) is 0 Å². The molecule has 2 saturated heterocycles. The summed E-state index contributed by atoms with van der Waals surface area (Å²) in [6, 6.07) is 0.277. The molecule has 1 N–H and O–H groups in total. The molecule has 3 rings (SSSR count). The van der Waals surface area contributed by atoms with Crippen molar-refractivity contribution in [2.24, 2.45) is 5.92 Å². The van der Waals surface area contributed by atoms with Crippen molar-refractivity contribution in [2.75, 3.05) is 32.7 Å². The predicted molar refractivity (Wildman–Crippen MR) is 79.7 cm³/mol. The lowest BCUT2D eigenvalue weighted by Gasteiger charge is -2.44. The van der Waals surface area contributed by atoms with Gasteiger partial charge in [-0.05, 0) is 44.6 Å². The number of hydrogen-bond donors (Lipinski definition) is 1. The van der Waals surface area contributed by atoms with E-state index in [-0.39, 0.29) is 6.04 Å². The Balaban J connectivity index is 1.77. The number of hydrogen-bond acceptors (Lipinski definition) is 3. The van der Waals surface area contributed by atoms with Crippen molar-refractivity contribution < 1.29 is 8.42 Å². The second-order valence-electron chi connectivity index (χ2n) is 6.38. The second kappa shape index (κ2) is 6.30. The van der Waals surface area contributed by atoms with Gasteiger partial charge < -0.3 is 5.32 Å². The average Bonchev–Trinajstić information content (AvgIpc) is 2.76. The minimum atomic E-state index is -3.25. The molecule has 3 fully saturated rings. The molecule has 6 heteroatoms. The normalized spacial score (nSPS) is 34.4.